The highest BCUT2D eigenvalue weighted by Gasteiger charge is 2.27. The Labute approximate surface area is 195 Å². The van der Waals surface area contributed by atoms with Gasteiger partial charge in [-0.05, 0) is 30.7 Å². The molecule has 2 heterocycles. The highest BCUT2D eigenvalue weighted by atomic mass is 32.2. The van der Waals surface area contributed by atoms with Gasteiger partial charge in [0.25, 0.3) is 5.91 Å². The molecule has 0 saturated heterocycles. The van der Waals surface area contributed by atoms with Crippen molar-refractivity contribution in [3.05, 3.63) is 59.0 Å². The molecule has 1 aliphatic rings. The summed E-state index contributed by atoms with van der Waals surface area (Å²) in [4.78, 5) is 26.0. The zero-order chi connectivity index (χ0) is 22.7. The van der Waals surface area contributed by atoms with Gasteiger partial charge in [0, 0.05) is 17.0 Å². The summed E-state index contributed by atoms with van der Waals surface area (Å²) in [6.45, 7) is 6.55. The third-order valence-electron chi connectivity index (χ3n) is 5.40. The average molecular weight is 468 g/mol. The minimum atomic E-state index is -0.488. The SMILES string of the molecule is C=CCn1c(SCC(=O)Nc2sc3c(c2C(N)=O)CCC(C)C3)nnc1-c1ccccc1. The van der Waals surface area contributed by atoms with Crippen LogP contribution in [0.1, 0.15) is 34.1 Å². The lowest BCUT2D eigenvalue weighted by Gasteiger charge is -2.18. The lowest BCUT2D eigenvalue weighted by atomic mass is 9.88. The van der Waals surface area contributed by atoms with Crippen LogP contribution < -0.4 is 11.1 Å². The molecule has 0 bridgehead atoms. The third kappa shape index (κ3) is 4.63. The normalized spacial score (nSPS) is 15.2. The summed E-state index contributed by atoms with van der Waals surface area (Å²) in [5, 5.41) is 12.7. The van der Waals surface area contributed by atoms with Crippen molar-refractivity contribution < 1.29 is 9.59 Å². The number of nitrogens with one attached hydrogen (secondary N) is 1. The van der Waals surface area contributed by atoms with Gasteiger partial charge in [-0.3, -0.25) is 14.2 Å². The number of fused-ring (bicyclic) bond motifs is 1. The van der Waals surface area contributed by atoms with Crippen LogP contribution in [0.3, 0.4) is 0 Å². The number of anilines is 1. The fourth-order valence-electron chi connectivity index (χ4n) is 3.88. The Hall–Kier alpha value is -2.91. The molecule has 1 unspecified atom stereocenters. The predicted octanol–water partition coefficient (Wildman–Crippen LogP) is 4.15. The Morgan fingerprint density at radius 3 is 2.84 bits per heavy atom. The van der Waals surface area contributed by atoms with E-state index in [9.17, 15) is 9.59 Å². The summed E-state index contributed by atoms with van der Waals surface area (Å²) in [6, 6.07) is 9.77. The minimum absolute atomic E-state index is 0.140. The lowest BCUT2D eigenvalue weighted by molar-refractivity contribution is -0.113. The van der Waals surface area contributed by atoms with E-state index >= 15 is 0 Å². The van der Waals surface area contributed by atoms with Crippen LogP contribution in [0.2, 0.25) is 0 Å². The Kier molecular flexibility index (Phi) is 6.76. The summed E-state index contributed by atoms with van der Waals surface area (Å²) < 4.78 is 1.93. The predicted molar refractivity (Wildman–Crippen MR) is 129 cm³/mol. The van der Waals surface area contributed by atoms with E-state index in [1.165, 1.54) is 23.1 Å². The molecule has 1 aliphatic carbocycles. The summed E-state index contributed by atoms with van der Waals surface area (Å²) in [5.74, 6) is 0.735. The first-order valence-electron chi connectivity index (χ1n) is 10.4. The van der Waals surface area contributed by atoms with Gasteiger partial charge >= 0.3 is 0 Å². The molecule has 4 rings (SSSR count). The monoisotopic (exact) mass is 467 g/mol. The molecule has 0 aliphatic heterocycles. The smallest absolute Gasteiger partial charge is 0.251 e. The van der Waals surface area contributed by atoms with Crippen molar-refractivity contribution in [3.8, 4) is 11.4 Å². The van der Waals surface area contributed by atoms with Crippen LogP contribution >= 0.6 is 23.1 Å². The van der Waals surface area contributed by atoms with Crippen molar-refractivity contribution in [1.29, 1.82) is 0 Å². The third-order valence-corrected chi connectivity index (χ3v) is 7.54. The van der Waals surface area contributed by atoms with Gasteiger partial charge in [0.1, 0.15) is 5.00 Å². The van der Waals surface area contributed by atoms with E-state index in [1.54, 1.807) is 6.08 Å². The van der Waals surface area contributed by atoms with Crippen LogP contribution in [0, 0.1) is 5.92 Å². The van der Waals surface area contributed by atoms with Crippen LogP contribution in [-0.4, -0.2) is 32.3 Å². The van der Waals surface area contributed by atoms with Gasteiger partial charge in [0.2, 0.25) is 5.91 Å². The van der Waals surface area contributed by atoms with Crippen molar-refractivity contribution in [3.63, 3.8) is 0 Å². The van der Waals surface area contributed by atoms with Crippen molar-refractivity contribution in [2.24, 2.45) is 11.7 Å². The first-order valence-corrected chi connectivity index (χ1v) is 12.2. The van der Waals surface area contributed by atoms with Crippen LogP contribution in [0.5, 0.6) is 0 Å². The second-order valence-electron chi connectivity index (χ2n) is 7.83. The first kappa shape index (κ1) is 22.3. The second kappa shape index (κ2) is 9.70. The van der Waals surface area contributed by atoms with Crippen molar-refractivity contribution in [1.82, 2.24) is 14.8 Å². The number of rotatable bonds is 8. The van der Waals surface area contributed by atoms with Crippen LogP contribution in [0.4, 0.5) is 5.00 Å². The number of benzene rings is 1. The number of hydrogen-bond acceptors (Lipinski definition) is 6. The zero-order valence-electron chi connectivity index (χ0n) is 17.8. The van der Waals surface area contributed by atoms with E-state index in [1.807, 2.05) is 34.9 Å². The minimum Gasteiger partial charge on any atom is -0.365 e. The van der Waals surface area contributed by atoms with Crippen molar-refractivity contribution >= 4 is 39.9 Å². The van der Waals surface area contributed by atoms with Gasteiger partial charge in [-0.15, -0.1) is 28.1 Å². The molecular weight excluding hydrogens is 442 g/mol. The maximum Gasteiger partial charge on any atom is 0.251 e. The molecule has 7 nitrogen and oxygen atoms in total. The summed E-state index contributed by atoms with van der Waals surface area (Å²) in [7, 11) is 0. The van der Waals surface area contributed by atoms with Crippen LogP contribution in [0.25, 0.3) is 11.4 Å². The van der Waals surface area contributed by atoms with E-state index in [0.717, 1.165) is 41.1 Å². The Morgan fingerprint density at radius 1 is 1.34 bits per heavy atom. The number of aromatic nitrogens is 3. The molecule has 0 fully saturated rings. The molecule has 0 saturated carbocycles. The molecule has 2 amide bonds. The van der Waals surface area contributed by atoms with E-state index in [2.05, 4.69) is 29.0 Å². The average Bonchev–Trinajstić information content (AvgIpc) is 3.33. The number of carbonyl (C=O) groups is 2. The summed E-state index contributed by atoms with van der Waals surface area (Å²) in [6.07, 6.45) is 4.53. The highest BCUT2D eigenvalue weighted by molar-refractivity contribution is 7.99. The first-order chi connectivity index (χ1) is 15.5. The zero-order valence-corrected chi connectivity index (χ0v) is 19.5. The molecule has 0 radical (unpaired) electrons. The molecule has 166 valence electrons. The van der Waals surface area contributed by atoms with E-state index in [0.29, 0.717) is 28.2 Å². The number of carbonyl (C=O) groups excluding carboxylic acids is 2. The van der Waals surface area contributed by atoms with Crippen LogP contribution in [-0.2, 0) is 24.2 Å². The number of nitrogens with two attached hydrogens (primary N) is 1. The number of thioether (sulfide) groups is 1. The van der Waals surface area contributed by atoms with Gasteiger partial charge in [-0.2, -0.15) is 0 Å². The van der Waals surface area contributed by atoms with E-state index in [4.69, 9.17) is 5.73 Å². The Bertz CT molecular complexity index is 1150. The molecule has 1 aromatic carbocycles. The van der Waals surface area contributed by atoms with Crippen molar-refractivity contribution in [2.45, 2.75) is 37.9 Å². The molecule has 3 N–H and O–H groups in total. The summed E-state index contributed by atoms with van der Waals surface area (Å²) >= 11 is 2.77. The molecule has 9 heteroatoms. The van der Waals surface area contributed by atoms with Gasteiger partial charge in [0.05, 0.1) is 11.3 Å². The van der Waals surface area contributed by atoms with E-state index in [-0.39, 0.29) is 11.7 Å². The van der Waals surface area contributed by atoms with Gasteiger partial charge in [0.15, 0.2) is 11.0 Å². The second-order valence-corrected chi connectivity index (χ2v) is 9.88. The highest BCUT2D eigenvalue weighted by Crippen LogP contribution is 2.39. The molecule has 3 aromatic rings. The van der Waals surface area contributed by atoms with Gasteiger partial charge < -0.3 is 11.1 Å². The fraction of sp³-hybridized carbons (Fsp3) is 0.304. The molecular formula is C23H25N5O2S2. The number of hydrogen-bond donors (Lipinski definition) is 2. The van der Waals surface area contributed by atoms with Crippen LogP contribution in [0.15, 0.2) is 48.1 Å². The van der Waals surface area contributed by atoms with Gasteiger partial charge in [-0.1, -0.05) is 55.1 Å². The summed E-state index contributed by atoms with van der Waals surface area (Å²) in [5.41, 5.74) is 8.07. The number of allylic oxidation sites excluding steroid dienone is 1. The van der Waals surface area contributed by atoms with Crippen molar-refractivity contribution in [2.75, 3.05) is 11.1 Å². The fourth-order valence-corrected chi connectivity index (χ4v) is 6.06. The number of nitrogens with zero attached hydrogens (tertiary/aromatic N) is 3. The largest absolute Gasteiger partial charge is 0.365 e. The Morgan fingerprint density at radius 2 is 2.12 bits per heavy atom. The molecule has 32 heavy (non-hydrogen) atoms. The number of primary amides is 1. The number of amides is 2. The van der Waals surface area contributed by atoms with Gasteiger partial charge in [-0.25, -0.2) is 0 Å². The molecule has 1 atom stereocenters. The maximum absolute atomic E-state index is 12.7. The lowest BCUT2D eigenvalue weighted by Crippen LogP contribution is -2.20. The molecule has 0 spiro atoms. The molecule has 2 aromatic heterocycles. The number of thiophene rings is 1. The standard InChI is InChI=1S/C23H25N5O2S2/c1-3-11-28-21(15-7-5-4-6-8-15)26-27-23(28)31-13-18(29)25-22-19(20(24)30)16-10-9-14(2)12-17(16)32-22/h3-8,14H,1,9-13H2,2H3,(H2,24,30)(H,25,29). The topological polar surface area (TPSA) is 103 Å². The Balaban J connectivity index is 1.49. The maximum atomic E-state index is 12.7. The quantitative estimate of drug-likeness (QED) is 0.383. The van der Waals surface area contributed by atoms with E-state index < -0.39 is 5.91 Å².